The van der Waals surface area contributed by atoms with E-state index in [4.69, 9.17) is 16.3 Å². The van der Waals surface area contributed by atoms with Crippen LogP contribution in [0, 0.1) is 13.8 Å². The van der Waals surface area contributed by atoms with Gasteiger partial charge >= 0.3 is 5.97 Å². The van der Waals surface area contributed by atoms with Crippen LogP contribution in [0.3, 0.4) is 0 Å². The molecule has 1 amide bonds. The van der Waals surface area contributed by atoms with Crippen molar-refractivity contribution in [2.45, 2.75) is 20.8 Å². The fraction of sp³-hybridized carbons (Fsp3) is 0.130. The molecule has 3 aromatic rings. The van der Waals surface area contributed by atoms with Crippen LogP contribution in [0.1, 0.15) is 29.3 Å². The number of thiazole rings is 1. The van der Waals surface area contributed by atoms with Crippen molar-refractivity contribution < 1.29 is 14.3 Å². The number of hydrogen-bond acceptors (Lipinski definition) is 6. The maximum absolute atomic E-state index is 12.3. The number of benzene rings is 2. The summed E-state index contributed by atoms with van der Waals surface area (Å²) in [7, 11) is 0. The number of carbonyl (C=O) groups is 2. The summed E-state index contributed by atoms with van der Waals surface area (Å²) in [6.07, 6.45) is 1.55. The van der Waals surface area contributed by atoms with Gasteiger partial charge in [0.2, 0.25) is 11.8 Å². The second-order valence-electron chi connectivity index (χ2n) is 7.02. The number of halogens is 1. The Labute approximate surface area is 188 Å². The predicted molar refractivity (Wildman–Crippen MR) is 123 cm³/mol. The molecule has 0 saturated carbocycles. The van der Waals surface area contributed by atoms with Crippen LogP contribution in [-0.2, 0) is 14.3 Å². The first-order valence-corrected chi connectivity index (χ1v) is 10.7. The molecule has 0 radical (unpaired) electrons. The standard InChI is InChI=1S/C23H18ClN3O3S/c1-13-7-8-16(9-14(13)2)21-26-20(22(29)30-21)11-18-12-31-23(25-18)27(15(3)28)19-6-4-5-17(24)10-19/h4-12H,1-3H3. The van der Waals surface area contributed by atoms with E-state index >= 15 is 0 Å². The molecule has 2 aromatic carbocycles. The van der Waals surface area contributed by atoms with E-state index in [-0.39, 0.29) is 17.5 Å². The molecule has 1 aromatic heterocycles. The molecule has 1 aliphatic rings. The van der Waals surface area contributed by atoms with Gasteiger partial charge in [-0.05, 0) is 61.4 Å². The number of aliphatic imine (C=N–C) groups is 1. The lowest BCUT2D eigenvalue weighted by molar-refractivity contribution is -0.130. The van der Waals surface area contributed by atoms with Crippen molar-refractivity contribution >= 4 is 57.6 Å². The lowest BCUT2D eigenvalue weighted by Crippen LogP contribution is -2.22. The summed E-state index contributed by atoms with van der Waals surface area (Å²) in [5.41, 5.74) is 4.25. The van der Waals surface area contributed by atoms with E-state index in [1.807, 2.05) is 32.0 Å². The summed E-state index contributed by atoms with van der Waals surface area (Å²) in [6, 6.07) is 12.7. The van der Waals surface area contributed by atoms with Gasteiger partial charge in [0, 0.05) is 22.9 Å². The molecule has 0 unspecified atom stereocenters. The lowest BCUT2D eigenvalue weighted by atomic mass is 10.1. The number of ether oxygens (including phenoxy) is 1. The highest BCUT2D eigenvalue weighted by molar-refractivity contribution is 7.14. The number of nitrogens with zero attached hydrogens (tertiary/aromatic N) is 3. The van der Waals surface area contributed by atoms with Crippen LogP contribution < -0.4 is 4.90 Å². The zero-order valence-corrected chi connectivity index (χ0v) is 18.6. The van der Waals surface area contributed by atoms with Gasteiger partial charge in [0.15, 0.2) is 10.8 Å². The van der Waals surface area contributed by atoms with Gasteiger partial charge in [-0.1, -0.05) is 23.7 Å². The van der Waals surface area contributed by atoms with E-state index in [9.17, 15) is 9.59 Å². The number of hydrogen-bond donors (Lipinski definition) is 0. The third-order valence-electron chi connectivity index (χ3n) is 4.74. The third-order valence-corrected chi connectivity index (χ3v) is 5.82. The number of aryl methyl sites for hydroxylation is 2. The van der Waals surface area contributed by atoms with Crippen molar-refractivity contribution in [1.29, 1.82) is 0 Å². The summed E-state index contributed by atoms with van der Waals surface area (Å²) >= 11 is 7.35. The van der Waals surface area contributed by atoms with Gasteiger partial charge in [0.25, 0.3) is 0 Å². The van der Waals surface area contributed by atoms with Crippen LogP contribution in [-0.4, -0.2) is 22.8 Å². The highest BCUT2D eigenvalue weighted by atomic mass is 35.5. The molecule has 2 heterocycles. The normalized spacial score (nSPS) is 14.5. The van der Waals surface area contributed by atoms with Gasteiger partial charge in [-0.15, -0.1) is 11.3 Å². The van der Waals surface area contributed by atoms with E-state index in [1.165, 1.54) is 23.2 Å². The second-order valence-corrected chi connectivity index (χ2v) is 8.30. The summed E-state index contributed by atoms with van der Waals surface area (Å²) in [5, 5.41) is 2.73. The molecular formula is C23H18ClN3O3S. The molecule has 156 valence electrons. The molecule has 0 bridgehead atoms. The topological polar surface area (TPSA) is 71.9 Å². The Morgan fingerprint density at radius 2 is 1.97 bits per heavy atom. The molecule has 0 aliphatic carbocycles. The number of amides is 1. The van der Waals surface area contributed by atoms with Crippen LogP contribution in [0.15, 0.2) is 58.5 Å². The molecule has 1 aliphatic heterocycles. The van der Waals surface area contributed by atoms with Gasteiger partial charge in [0.05, 0.1) is 11.4 Å². The lowest BCUT2D eigenvalue weighted by Gasteiger charge is -2.18. The van der Waals surface area contributed by atoms with Gasteiger partial charge in [-0.3, -0.25) is 9.69 Å². The Bertz CT molecular complexity index is 1260. The van der Waals surface area contributed by atoms with E-state index in [0.29, 0.717) is 21.5 Å². The number of anilines is 2. The Kier molecular flexibility index (Phi) is 5.71. The zero-order valence-electron chi connectivity index (χ0n) is 17.0. The first kappa shape index (κ1) is 21.0. The van der Waals surface area contributed by atoms with E-state index in [2.05, 4.69) is 9.98 Å². The quantitative estimate of drug-likeness (QED) is 0.391. The average Bonchev–Trinajstić information content (AvgIpc) is 3.31. The van der Waals surface area contributed by atoms with E-state index < -0.39 is 5.97 Å². The Balaban J connectivity index is 1.64. The highest BCUT2D eigenvalue weighted by Crippen LogP contribution is 2.31. The molecule has 0 spiro atoms. The van der Waals surface area contributed by atoms with Crippen molar-refractivity contribution in [3.63, 3.8) is 0 Å². The molecule has 0 saturated heterocycles. The van der Waals surface area contributed by atoms with Gasteiger partial charge in [0.1, 0.15) is 0 Å². The van der Waals surface area contributed by atoms with Crippen LogP contribution in [0.4, 0.5) is 10.8 Å². The van der Waals surface area contributed by atoms with Crippen LogP contribution >= 0.6 is 22.9 Å². The van der Waals surface area contributed by atoms with E-state index in [1.54, 1.807) is 35.7 Å². The van der Waals surface area contributed by atoms with Crippen LogP contribution in [0.2, 0.25) is 5.02 Å². The highest BCUT2D eigenvalue weighted by Gasteiger charge is 2.25. The fourth-order valence-corrected chi connectivity index (χ4v) is 4.06. The van der Waals surface area contributed by atoms with Crippen molar-refractivity contribution in [1.82, 2.24) is 4.98 Å². The Morgan fingerprint density at radius 1 is 1.16 bits per heavy atom. The SMILES string of the molecule is CC(=O)N(c1cccc(Cl)c1)c1nc(C=C2N=C(c3ccc(C)c(C)c3)OC2=O)cs1. The Hall–Kier alpha value is -3.29. The third kappa shape index (κ3) is 4.42. The first-order valence-electron chi connectivity index (χ1n) is 9.44. The molecule has 31 heavy (non-hydrogen) atoms. The maximum atomic E-state index is 12.3. The molecule has 0 fully saturated rings. The van der Waals surface area contributed by atoms with Crippen molar-refractivity contribution in [3.05, 3.63) is 80.9 Å². The number of cyclic esters (lactones) is 1. The van der Waals surface area contributed by atoms with Gasteiger partial charge < -0.3 is 4.74 Å². The van der Waals surface area contributed by atoms with Crippen molar-refractivity contribution in [2.75, 3.05) is 4.90 Å². The average molecular weight is 452 g/mol. The van der Waals surface area contributed by atoms with Gasteiger partial charge in [-0.2, -0.15) is 0 Å². The molecule has 6 nitrogen and oxygen atoms in total. The van der Waals surface area contributed by atoms with Gasteiger partial charge in [-0.25, -0.2) is 14.8 Å². The molecule has 0 atom stereocenters. The summed E-state index contributed by atoms with van der Waals surface area (Å²) in [4.78, 5) is 34.9. The summed E-state index contributed by atoms with van der Waals surface area (Å²) in [5.74, 6) is -0.480. The Morgan fingerprint density at radius 3 is 2.68 bits per heavy atom. The van der Waals surface area contributed by atoms with E-state index in [0.717, 1.165) is 16.7 Å². The van der Waals surface area contributed by atoms with Crippen LogP contribution in [0.25, 0.3) is 6.08 Å². The number of esters is 1. The first-order chi connectivity index (χ1) is 14.8. The second kappa shape index (κ2) is 8.45. The molecular weight excluding hydrogens is 434 g/mol. The van der Waals surface area contributed by atoms with Crippen LogP contribution in [0.5, 0.6) is 0 Å². The monoisotopic (exact) mass is 451 g/mol. The molecule has 4 rings (SSSR count). The number of rotatable bonds is 4. The predicted octanol–water partition coefficient (Wildman–Crippen LogP) is 5.44. The molecule has 0 N–H and O–H groups in total. The largest absolute Gasteiger partial charge is 0.402 e. The summed E-state index contributed by atoms with van der Waals surface area (Å²) in [6.45, 7) is 5.46. The minimum absolute atomic E-state index is 0.155. The smallest absolute Gasteiger partial charge is 0.363 e. The summed E-state index contributed by atoms with van der Waals surface area (Å²) < 4.78 is 5.34. The fourth-order valence-electron chi connectivity index (χ4n) is 3.03. The maximum Gasteiger partial charge on any atom is 0.363 e. The zero-order chi connectivity index (χ0) is 22.1. The van der Waals surface area contributed by atoms with Crippen molar-refractivity contribution in [3.8, 4) is 0 Å². The van der Waals surface area contributed by atoms with Crippen molar-refractivity contribution in [2.24, 2.45) is 4.99 Å². The minimum Gasteiger partial charge on any atom is -0.402 e. The number of carbonyl (C=O) groups excluding carboxylic acids is 2. The minimum atomic E-state index is -0.541. The molecule has 8 heteroatoms. The number of aromatic nitrogens is 1.